The Hall–Kier alpha value is -4.47. The van der Waals surface area contributed by atoms with Crippen LogP contribution in [0.5, 0.6) is 0 Å². The lowest BCUT2D eigenvalue weighted by atomic mass is 9.86. The number of nitrogens with zero attached hydrogens (tertiary/aromatic N) is 3. The molecule has 0 spiro atoms. The van der Waals surface area contributed by atoms with Gasteiger partial charge in [0, 0.05) is 64.3 Å². The van der Waals surface area contributed by atoms with Gasteiger partial charge in [0.1, 0.15) is 5.76 Å². The van der Waals surface area contributed by atoms with Crippen molar-refractivity contribution in [3.63, 3.8) is 0 Å². The van der Waals surface area contributed by atoms with E-state index < -0.39 is 12.1 Å². The first-order valence-corrected chi connectivity index (χ1v) is 18.2. The molecule has 7 rings (SSSR count). The Morgan fingerprint density at radius 2 is 1.73 bits per heavy atom. The minimum absolute atomic E-state index is 0.0302. The van der Waals surface area contributed by atoms with Crippen LogP contribution < -0.4 is 5.32 Å². The lowest BCUT2D eigenvalue weighted by molar-refractivity contribution is -0.137. The highest BCUT2D eigenvalue weighted by atomic mass is 32.2. The Bertz CT molecular complexity index is 2020. The van der Waals surface area contributed by atoms with Crippen molar-refractivity contribution in [2.45, 2.75) is 72.2 Å². The molecule has 0 saturated carbocycles. The molecule has 49 heavy (non-hydrogen) atoms. The topological polar surface area (TPSA) is 127 Å². The van der Waals surface area contributed by atoms with Crippen molar-refractivity contribution in [2.24, 2.45) is 26.8 Å². The lowest BCUT2D eigenvalue weighted by Crippen LogP contribution is -2.16. The van der Waals surface area contributed by atoms with Crippen LogP contribution in [0, 0.1) is 11.8 Å². The molecule has 6 aliphatic rings. The molecule has 1 aliphatic carbocycles. The number of aliphatic hydroxyl groups is 2. The number of benzene rings is 1. The van der Waals surface area contributed by atoms with Gasteiger partial charge in [0.2, 0.25) is 0 Å². The molecule has 8 bridgehead atoms. The van der Waals surface area contributed by atoms with Crippen LogP contribution in [0.3, 0.4) is 0 Å². The molecule has 0 radical (unpaired) electrons. The van der Waals surface area contributed by atoms with Crippen molar-refractivity contribution in [3.05, 3.63) is 127 Å². The number of aliphatic carboxylic acids is 1. The third kappa shape index (κ3) is 5.93. The Labute approximate surface area is 291 Å². The molecule has 1 aromatic rings. The van der Waals surface area contributed by atoms with Crippen molar-refractivity contribution in [2.75, 3.05) is 5.75 Å². The summed E-state index contributed by atoms with van der Waals surface area (Å²) >= 11 is 1.69. The summed E-state index contributed by atoms with van der Waals surface area (Å²) in [6.07, 6.45) is 6.93. The van der Waals surface area contributed by atoms with Gasteiger partial charge in [-0.1, -0.05) is 44.2 Å². The summed E-state index contributed by atoms with van der Waals surface area (Å²) in [5.74, 6) is 0.618. The Morgan fingerprint density at radius 1 is 1.00 bits per heavy atom. The van der Waals surface area contributed by atoms with Crippen molar-refractivity contribution in [1.29, 1.82) is 0 Å². The predicted octanol–water partition coefficient (Wildman–Crippen LogP) is 7.82. The molecule has 5 heterocycles. The minimum Gasteiger partial charge on any atom is -0.511 e. The van der Waals surface area contributed by atoms with Gasteiger partial charge >= 0.3 is 5.97 Å². The van der Waals surface area contributed by atoms with E-state index in [4.69, 9.17) is 15.0 Å². The summed E-state index contributed by atoms with van der Waals surface area (Å²) < 4.78 is 0. The van der Waals surface area contributed by atoms with Crippen molar-refractivity contribution < 1.29 is 20.1 Å². The van der Waals surface area contributed by atoms with Gasteiger partial charge in [-0.25, -0.2) is 15.0 Å². The molecule has 1 fully saturated rings. The quantitative estimate of drug-likeness (QED) is 0.212. The maximum Gasteiger partial charge on any atom is 0.303 e. The van der Waals surface area contributed by atoms with E-state index in [2.05, 4.69) is 38.2 Å². The van der Waals surface area contributed by atoms with Crippen LogP contribution >= 0.6 is 11.8 Å². The summed E-state index contributed by atoms with van der Waals surface area (Å²) in [5, 5.41) is 36.3. The number of thioether (sulfide) groups is 1. The number of hydrogen-bond acceptors (Lipinski definition) is 8. The van der Waals surface area contributed by atoms with E-state index in [1.165, 1.54) is 5.56 Å². The van der Waals surface area contributed by atoms with E-state index in [1.807, 2.05) is 50.3 Å². The Morgan fingerprint density at radius 3 is 2.47 bits per heavy atom. The van der Waals surface area contributed by atoms with Crippen LogP contribution in [0.15, 0.2) is 137 Å². The molecular weight excluding hydrogens is 633 g/mol. The normalized spacial score (nSPS) is 23.6. The van der Waals surface area contributed by atoms with Gasteiger partial charge in [0.25, 0.3) is 0 Å². The number of rotatable bonds is 9. The zero-order chi connectivity index (χ0) is 34.6. The van der Waals surface area contributed by atoms with Crippen LogP contribution in [-0.2, 0) is 10.5 Å². The second-order valence-corrected chi connectivity index (χ2v) is 14.5. The Balaban J connectivity index is 1.37. The zero-order valence-electron chi connectivity index (χ0n) is 28.6. The number of nitrogens with one attached hydrogen (secondary N) is 1. The van der Waals surface area contributed by atoms with Gasteiger partial charge in [-0.2, -0.15) is 11.8 Å². The highest BCUT2D eigenvalue weighted by Crippen LogP contribution is 2.46. The third-order valence-corrected chi connectivity index (χ3v) is 11.6. The molecule has 1 saturated heterocycles. The summed E-state index contributed by atoms with van der Waals surface area (Å²) in [6, 6.07) is 10.3. The van der Waals surface area contributed by atoms with Crippen LogP contribution in [0.4, 0.5) is 0 Å². The number of carboxylic acids is 1. The summed E-state index contributed by atoms with van der Waals surface area (Å²) in [7, 11) is 0. The number of hydrogen-bond donors (Lipinski definition) is 4. The fraction of sp³-hybridized carbons (Fsp3) is 0.350. The van der Waals surface area contributed by atoms with Gasteiger partial charge in [-0.3, -0.25) is 4.79 Å². The zero-order valence-corrected chi connectivity index (χ0v) is 29.4. The monoisotopic (exact) mass is 674 g/mol. The van der Waals surface area contributed by atoms with E-state index >= 15 is 0 Å². The maximum atomic E-state index is 11.7. The first-order chi connectivity index (χ1) is 23.5. The van der Waals surface area contributed by atoms with E-state index in [9.17, 15) is 20.1 Å². The molecule has 9 heteroatoms. The van der Waals surface area contributed by atoms with Crippen molar-refractivity contribution >= 4 is 34.9 Å². The summed E-state index contributed by atoms with van der Waals surface area (Å²) in [5.41, 5.74) is 14.2. The summed E-state index contributed by atoms with van der Waals surface area (Å²) in [4.78, 5) is 27.1. The van der Waals surface area contributed by atoms with E-state index in [0.717, 1.165) is 91.1 Å². The number of aliphatic hydroxyl groups excluding tert-OH is 2. The SMILES string of the molecule is CCC1=C(C)C2=NC1=CC1=C(C)C3=C(O)CC(=C4NC(=CC5=NC(=C2)C(C(O)CSCc2ccccc2)=C5C)[C@@H](C)[C@@H]4CCC(=O)O)C3=N1. The van der Waals surface area contributed by atoms with Crippen LogP contribution in [0.2, 0.25) is 0 Å². The number of fused-ring (bicyclic) bond motifs is 5. The summed E-state index contributed by atoms with van der Waals surface area (Å²) in [6.45, 7) is 10.3. The predicted molar refractivity (Wildman–Crippen MR) is 198 cm³/mol. The van der Waals surface area contributed by atoms with Gasteiger partial charge in [0.15, 0.2) is 0 Å². The fourth-order valence-electron chi connectivity index (χ4n) is 7.77. The molecule has 0 aromatic heterocycles. The minimum atomic E-state index is -0.839. The van der Waals surface area contributed by atoms with E-state index in [-0.39, 0.29) is 24.0 Å². The van der Waals surface area contributed by atoms with Crippen LogP contribution in [0.25, 0.3) is 0 Å². The Kier molecular flexibility index (Phi) is 8.83. The third-order valence-electron chi connectivity index (χ3n) is 10.5. The second-order valence-electron chi connectivity index (χ2n) is 13.5. The van der Waals surface area contributed by atoms with Crippen LogP contribution in [-0.4, -0.2) is 50.3 Å². The molecule has 252 valence electrons. The molecule has 8 nitrogen and oxygen atoms in total. The molecule has 0 amide bonds. The molecule has 1 aromatic carbocycles. The average Bonchev–Trinajstić information content (AvgIpc) is 3.83. The van der Waals surface area contributed by atoms with Crippen LogP contribution in [0.1, 0.15) is 65.9 Å². The fourth-order valence-corrected chi connectivity index (χ4v) is 8.71. The number of carboxylic acid groups (broad SMARTS) is 1. The molecule has 3 atom stereocenters. The van der Waals surface area contributed by atoms with E-state index in [0.29, 0.717) is 24.3 Å². The smallest absolute Gasteiger partial charge is 0.303 e. The second kappa shape index (κ2) is 13.1. The molecule has 5 aliphatic heterocycles. The maximum absolute atomic E-state index is 11.7. The highest BCUT2D eigenvalue weighted by Gasteiger charge is 2.41. The number of allylic oxidation sites excluding steroid dienone is 11. The van der Waals surface area contributed by atoms with Gasteiger partial charge < -0.3 is 20.6 Å². The van der Waals surface area contributed by atoms with Gasteiger partial charge in [0.05, 0.1) is 40.3 Å². The van der Waals surface area contributed by atoms with Gasteiger partial charge in [-0.15, -0.1) is 0 Å². The highest BCUT2D eigenvalue weighted by molar-refractivity contribution is 7.98. The number of aliphatic imine (C=N–C) groups is 3. The molecular formula is C40H42N4O4S. The standard InChI is InChI=1S/C40H42N4O4S/c1-6-25-20(2)28-17-33-37(35(46)19-49-18-24-10-8-7-9-11-24)22(4)30(42-33)15-29-21(3)26(12-13-36(47)48)39(43-29)27-14-34(45)38-23(5)31(44-40(27)38)16-32(25)41-28/h7-11,15-17,21,26,35,43,45-46H,6,12-14,18-19H2,1-5H3,(H,47,48)/t21-,26-,35?/m0/s1. The average molecular weight is 675 g/mol. The molecule has 4 N–H and O–H groups in total. The molecule has 1 unspecified atom stereocenters. The number of carbonyl (C=O) groups is 1. The lowest BCUT2D eigenvalue weighted by Gasteiger charge is -2.17. The van der Waals surface area contributed by atoms with Crippen molar-refractivity contribution in [1.82, 2.24) is 5.32 Å². The first-order valence-electron chi connectivity index (χ1n) is 17.0. The van der Waals surface area contributed by atoms with E-state index in [1.54, 1.807) is 11.8 Å². The van der Waals surface area contributed by atoms with Crippen molar-refractivity contribution in [3.8, 4) is 0 Å². The largest absolute Gasteiger partial charge is 0.511 e. The van der Waals surface area contributed by atoms with Gasteiger partial charge in [-0.05, 0) is 79.7 Å². The first kappa shape index (κ1) is 33.0.